The summed E-state index contributed by atoms with van der Waals surface area (Å²) in [7, 11) is 0. The average Bonchev–Trinajstić information content (AvgIpc) is 2.27. The van der Waals surface area contributed by atoms with Crippen LogP contribution in [0.25, 0.3) is 0 Å². The first kappa shape index (κ1) is 11.7. The third kappa shape index (κ3) is 2.65. The highest BCUT2D eigenvalue weighted by Crippen LogP contribution is 2.25. The van der Waals surface area contributed by atoms with Crippen molar-refractivity contribution in [2.24, 2.45) is 0 Å². The summed E-state index contributed by atoms with van der Waals surface area (Å²) in [6.45, 7) is 1.69. The van der Waals surface area contributed by atoms with Crippen LogP contribution in [-0.4, -0.2) is 4.98 Å². The number of nitrogens with two attached hydrogens (primary N) is 1. The molecular formula is C12H11ClFN3. The van der Waals surface area contributed by atoms with Crippen LogP contribution in [0.1, 0.15) is 5.56 Å². The molecule has 0 aliphatic rings. The minimum Gasteiger partial charge on any atom is -0.397 e. The SMILES string of the molecule is Cc1cc(Nc2ncc(N)cc2Cl)ccc1F. The van der Waals surface area contributed by atoms with Crippen molar-refractivity contribution in [1.82, 2.24) is 4.98 Å². The third-order valence-corrected chi connectivity index (χ3v) is 2.57. The van der Waals surface area contributed by atoms with Crippen LogP contribution in [-0.2, 0) is 0 Å². The van der Waals surface area contributed by atoms with Crippen molar-refractivity contribution >= 4 is 28.8 Å². The number of benzene rings is 1. The second kappa shape index (κ2) is 4.59. The van der Waals surface area contributed by atoms with Crippen LogP contribution in [0.4, 0.5) is 21.6 Å². The summed E-state index contributed by atoms with van der Waals surface area (Å²) in [6.07, 6.45) is 1.50. The molecule has 1 aromatic carbocycles. The van der Waals surface area contributed by atoms with Crippen LogP contribution >= 0.6 is 11.6 Å². The molecule has 3 nitrogen and oxygen atoms in total. The van der Waals surface area contributed by atoms with Gasteiger partial charge in [-0.05, 0) is 36.8 Å². The number of nitrogen functional groups attached to an aromatic ring is 1. The van der Waals surface area contributed by atoms with E-state index in [0.717, 1.165) is 5.69 Å². The van der Waals surface area contributed by atoms with E-state index < -0.39 is 0 Å². The molecule has 0 fully saturated rings. The Morgan fingerprint density at radius 3 is 2.76 bits per heavy atom. The molecule has 0 aliphatic heterocycles. The molecule has 2 aromatic rings. The van der Waals surface area contributed by atoms with Crippen LogP contribution in [0.5, 0.6) is 0 Å². The molecule has 0 spiro atoms. The molecule has 0 saturated carbocycles. The summed E-state index contributed by atoms with van der Waals surface area (Å²) in [5.41, 5.74) is 7.32. The van der Waals surface area contributed by atoms with Crippen LogP contribution in [0, 0.1) is 12.7 Å². The van der Waals surface area contributed by atoms with Gasteiger partial charge in [-0.15, -0.1) is 0 Å². The van der Waals surface area contributed by atoms with Crippen LogP contribution in [0.15, 0.2) is 30.5 Å². The van der Waals surface area contributed by atoms with Gasteiger partial charge in [0.2, 0.25) is 0 Å². The molecular weight excluding hydrogens is 241 g/mol. The molecule has 0 radical (unpaired) electrons. The minimum atomic E-state index is -0.244. The fourth-order valence-corrected chi connectivity index (χ4v) is 1.63. The van der Waals surface area contributed by atoms with Crippen molar-refractivity contribution in [3.05, 3.63) is 46.9 Å². The zero-order chi connectivity index (χ0) is 12.4. The second-order valence-electron chi connectivity index (χ2n) is 3.69. The number of aromatic nitrogens is 1. The van der Waals surface area contributed by atoms with E-state index in [1.54, 1.807) is 25.1 Å². The molecule has 0 bridgehead atoms. The largest absolute Gasteiger partial charge is 0.397 e. The number of rotatable bonds is 2. The number of pyridine rings is 1. The highest BCUT2D eigenvalue weighted by molar-refractivity contribution is 6.33. The molecule has 17 heavy (non-hydrogen) atoms. The van der Waals surface area contributed by atoms with Crippen molar-refractivity contribution in [2.45, 2.75) is 6.92 Å². The molecule has 5 heteroatoms. The maximum atomic E-state index is 13.1. The standard InChI is InChI=1S/C12H11ClFN3/c1-7-4-9(2-3-11(7)14)17-12-10(13)5-8(15)6-16-12/h2-6H,15H2,1H3,(H,16,17). The maximum Gasteiger partial charge on any atom is 0.149 e. The lowest BCUT2D eigenvalue weighted by molar-refractivity contribution is 0.619. The van der Waals surface area contributed by atoms with E-state index in [9.17, 15) is 4.39 Å². The van der Waals surface area contributed by atoms with Crippen molar-refractivity contribution in [2.75, 3.05) is 11.1 Å². The van der Waals surface area contributed by atoms with Crippen molar-refractivity contribution in [1.29, 1.82) is 0 Å². The molecule has 0 unspecified atom stereocenters. The molecule has 88 valence electrons. The van der Waals surface area contributed by atoms with E-state index in [1.165, 1.54) is 12.3 Å². The Bertz CT molecular complexity index is 557. The fourth-order valence-electron chi connectivity index (χ4n) is 1.40. The lowest BCUT2D eigenvalue weighted by atomic mass is 10.2. The van der Waals surface area contributed by atoms with Gasteiger partial charge in [0.05, 0.1) is 16.9 Å². The summed E-state index contributed by atoms with van der Waals surface area (Å²) in [5, 5.41) is 3.43. The summed E-state index contributed by atoms with van der Waals surface area (Å²) < 4.78 is 13.1. The van der Waals surface area contributed by atoms with Crippen molar-refractivity contribution in [3.8, 4) is 0 Å². The number of nitrogens with one attached hydrogen (secondary N) is 1. The molecule has 1 aromatic heterocycles. The molecule has 0 amide bonds. The normalized spacial score (nSPS) is 10.3. The summed E-state index contributed by atoms with van der Waals surface area (Å²) in [4.78, 5) is 4.06. The number of hydrogen-bond donors (Lipinski definition) is 2. The Morgan fingerprint density at radius 2 is 2.12 bits per heavy atom. The number of anilines is 3. The first-order valence-corrected chi connectivity index (χ1v) is 5.38. The maximum absolute atomic E-state index is 13.1. The van der Waals surface area contributed by atoms with E-state index in [2.05, 4.69) is 10.3 Å². The van der Waals surface area contributed by atoms with Crippen molar-refractivity contribution < 1.29 is 4.39 Å². The van der Waals surface area contributed by atoms with Gasteiger partial charge in [0.1, 0.15) is 11.6 Å². The monoisotopic (exact) mass is 251 g/mol. The predicted molar refractivity (Wildman–Crippen MR) is 68.1 cm³/mol. The average molecular weight is 252 g/mol. The molecule has 0 saturated heterocycles. The van der Waals surface area contributed by atoms with Crippen molar-refractivity contribution in [3.63, 3.8) is 0 Å². The molecule has 0 aliphatic carbocycles. The van der Waals surface area contributed by atoms with Gasteiger partial charge in [-0.2, -0.15) is 0 Å². The van der Waals surface area contributed by atoms with Gasteiger partial charge in [-0.3, -0.25) is 0 Å². The highest BCUT2D eigenvalue weighted by Gasteiger charge is 2.04. The first-order chi connectivity index (χ1) is 8.06. The fraction of sp³-hybridized carbons (Fsp3) is 0.0833. The Hall–Kier alpha value is -1.81. The van der Waals surface area contributed by atoms with Crippen LogP contribution in [0.3, 0.4) is 0 Å². The molecule has 2 rings (SSSR count). The lowest BCUT2D eigenvalue weighted by Crippen LogP contribution is -1.97. The van der Waals surface area contributed by atoms with E-state index in [-0.39, 0.29) is 5.82 Å². The Balaban J connectivity index is 2.28. The quantitative estimate of drug-likeness (QED) is 0.859. The van der Waals surface area contributed by atoms with Gasteiger partial charge in [0.15, 0.2) is 0 Å². The number of aryl methyl sites for hydroxylation is 1. The lowest BCUT2D eigenvalue weighted by Gasteiger charge is -2.08. The number of hydrogen-bond acceptors (Lipinski definition) is 3. The Labute approximate surface area is 103 Å². The van der Waals surface area contributed by atoms with Gasteiger partial charge in [0.25, 0.3) is 0 Å². The third-order valence-electron chi connectivity index (χ3n) is 2.28. The summed E-state index contributed by atoms with van der Waals surface area (Å²) in [6, 6.07) is 6.30. The van der Waals surface area contributed by atoms with Crippen LogP contribution in [0.2, 0.25) is 5.02 Å². The highest BCUT2D eigenvalue weighted by atomic mass is 35.5. The van der Waals surface area contributed by atoms with Gasteiger partial charge >= 0.3 is 0 Å². The Morgan fingerprint density at radius 1 is 1.35 bits per heavy atom. The Kier molecular flexibility index (Phi) is 3.15. The van der Waals surface area contributed by atoms with E-state index in [4.69, 9.17) is 17.3 Å². The minimum absolute atomic E-state index is 0.244. The first-order valence-electron chi connectivity index (χ1n) is 5.00. The molecule has 1 heterocycles. The van der Waals surface area contributed by atoms with E-state index in [1.807, 2.05) is 0 Å². The zero-order valence-corrected chi connectivity index (χ0v) is 9.92. The van der Waals surface area contributed by atoms with E-state index in [0.29, 0.717) is 22.1 Å². The van der Waals surface area contributed by atoms with Crippen LogP contribution < -0.4 is 11.1 Å². The smallest absolute Gasteiger partial charge is 0.149 e. The topological polar surface area (TPSA) is 50.9 Å². The van der Waals surface area contributed by atoms with Gasteiger partial charge < -0.3 is 11.1 Å². The molecule has 3 N–H and O–H groups in total. The second-order valence-corrected chi connectivity index (χ2v) is 4.10. The summed E-state index contributed by atoms with van der Waals surface area (Å²) in [5.74, 6) is 0.249. The number of nitrogens with zero attached hydrogens (tertiary/aromatic N) is 1. The predicted octanol–water partition coefficient (Wildman–Crippen LogP) is 3.51. The molecule has 0 atom stereocenters. The van der Waals surface area contributed by atoms with Gasteiger partial charge in [-0.1, -0.05) is 11.6 Å². The van der Waals surface area contributed by atoms with Gasteiger partial charge in [-0.25, -0.2) is 9.37 Å². The van der Waals surface area contributed by atoms with E-state index >= 15 is 0 Å². The summed E-state index contributed by atoms with van der Waals surface area (Å²) >= 11 is 5.97. The van der Waals surface area contributed by atoms with Gasteiger partial charge in [0, 0.05) is 5.69 Å². The zero-order valence-electron chi connectivity index (χ0n) is 9.17. The number of halogens is 2.